The van der Waals surface area contributed by atoms with Gasteiger partial charge >= 0.3 is 6.18 Å². The van der Waals surface area contributed by atoms with Crippen LogP contribution in [0.15, 0.2) is 91.0 Å². The van der Waals surface area contributed by atoms with E-state index in [0.29, 0.717) is 17.2 Å². The second kappa shape index (κ2) is 10.4. The SMILES string of the molecule is COc1ccc(C(=O)Nc2cc(C(F)(F)F)ccc2Oc2ccccc2-c2ccccc2)cc1OC. The van der Waals surface area contributed by atoms with Gasteiger partial charge in [0.15, 0.2) is 17.2 Å². The molecule has 0 aliphatic rings. The van der Waals surface area contributed by atoms with Crippen molar-refractivity contribution in [1.82, 2.24) is 0 Å². The summed E-state index contributed by atoms with van der Waals surface area (Å²) in [4.78, 5) is 13.0. The van der Waals surface area contributed by atoms with E-state index in [0.717, 1.165) is 23.3 Å². The molecule has 0 radical (unpaired) electrons. The molecule has 0 heterocycles. The first-order chi connectivity index (χ1) is 17.3. The van der Waals surface area contributed by atoms with E-state index in [-0.39, 0.29) is 17.0 Å². The molecule has 0 saturated carbocycles. The molecule has 1 N–H and O–H groups in total. The van der Waals surface area contributed by atoms with Gasteiger partial charge in [0.2, 0.25) is 0 Å². The number of anilines is 1. The molecule has 36 heavy (non-hydrogen) atoms. The smallest absolute Gasteiger partial charge is 0.416 e. The minimum atomic E-state index is -4.61. The van der Waals surface area contributed by atoms with Crippen molar-refractivity contribution in [3.63, 3.8) is 0 Å². The van der Waals surface area contributed by atoms with Gasteiger partial charge in [-0.1, -0.05) is 48.5 Å². The second-order valence-corrected chi connectivity index (χ2v) is 7.70. The Morgan fingerprint density at radius 1 is 0.722 bits per heavy atom. The molecule has 1 amide bonds. The number of carbonyl (C=O) groups is 1. The lowest BCUT2D eigenvalue weighted by atomic mass is 10.0. The van der Waals surface area contributed by atoms with E-state index in [9.17, 15) is 18.0 Å². The summed E-state index contributed by atoms with van der Waals surface area (Å²) in [5, 5.41) is 2.55. The van der Waals surface area contributed by atoms with Crippen LogP contribution in [0.25, 0.3) is 11.1 Å². The zero-order valence-corrected chi connectivity index (χ0v) is 19.4. The van der Waals surface area contributed by atoms with Crippen LogP contribution in [-0.4, -0.2) is 20.1 Å². The second-order valence-electron chi connectivity index (χ2n) is 7.70. The highest BCUT2D eigenvalue weighted by Crippen LogP contribution is 2.40. The summed E-state index contributed by atoms with van der Waals surface area (Å²) in [6.07, 6.45) is -4.61. The lowest BCUT2D eigenvalue weighted by Gasteiger charge is -2.17. The highest BCUT2D eigenvalue weighted by Gasteiger charge is 2.31. The van der Waals surface area contributed by atoms with Gasteiger partial charge in [-0.05, 0) is 48.0 Å². The van der Waals surface area contributed by atoms with Crippen LogP contribution >= 0.6 is 0 Å². The molecule has 184 valence electrons. The van der Waals surface area contributed by atoms with E-state index in [1.165, 1.54) is 38.5 Å². The number of ether oxygens (including phenoxy) is 3. The van der Waals surface area contributed by atoms with Gasteiger partial charge in [0.1, 0.15) is 5.75 Å². The van der Waals surface area contributed by atoms with Crippen LogP contribution in [0.3, 0.4) is 0 Å². The summed E-state index contributed by atoms with van der Waals surface area (Å²) in [5.41, 5.74) is 0.730. The van der Waals surface area contributed by atoms with Gasteiger partial charge in [-0.15, -0.1) is 0 Å². The third kappa shape index (κ3) is 5.43. The normalized spacial score (nSPS) is 11.0. The largest absolute Gasteiger partial charge is 0.493 e. The maximum Gasteiger partial charge on any atom is 0.416 e. The van der Waals surface area contributed by atoms with Gasteiger partial charge < -0.3 is 19.5 Å². The summed E-state index contributed by atoms with van der Waals surface area (Å²) < 4.78 is 56.9. The molecule has 0 saturated heterocycles. The molecule has 0 spiro atoms. The molecule has 0 aromatic heterocycles. The molecular weight excluding hydrogens is 471 g/mol. The molecule has 0 fully saturated rings. The number of amides is 1. The van der Waals surface area contributed by atoms with E-state index in [4.69, 9.17) is 14.2 Å². The minimum Gasteiger partial charge on any atom is -0.493 e. The zero-order valence-electron chi connectivity index (χ0n) is 19.4. The fourth-order valence-electron chi connectivity index (χ4n) is 3.60. The summed E-state index contributed by atoms with van der Waals surface area (Å²) in [5.74, 6) is 0.555. The Morgan fingerprint density at radius 3 is 2.08 bits per heavy atom. The van der Waals surface area contributed by atoms with Crippen molar-refractivity contribution in [2.45, 2.75) is 6.18 Å². The number of nitrogens with one attached hydrogen (secondary N) is 1. The van der Waals surface area contributed by atoms with Crippen molar-refractivity contribution < 1.29 is 32.2 Å². The van der Waals surface area contributed by atoms with Gasteiger partial charge in [0.05, 0.1) is 25.5 Å². The minimum absolute atomic E-state index is 0.0557. The lowest BCUT2D eigenvalue weighted by molar-refractivity contribution is -0.137. The highest BCUT2D eigenvalue weighted by molar-refractivity contribution is 6.05. The third-order valence-corrected chi connectivity index (χ3v) is 5.39. The van der Waals surface area contributed by atoms with Crippen molar-refractivity contribution in [2.75, 3.05) is 19.5 Å². The molecule has 0 aliphatic carbocycles. The number of halogens is 3. The quantitative estimate of drug-likeness (QED) is 0.291. The Labute approximate surface area is 206 Å². The summed E-state index contributed by atoms with van der Waals surface area (Å²) in [7, 11) is 2.87. The first-order valence-electron chi connectivity index (χ1n) is 10.9. The molecule has 0 atom stereocenters. The van der Waals surface area contributed by atoms with E-state index >= 15 is 0 Å². The van der Waals surface area contributed by atoms with Crippen LogP contribution in [0.4, 0.5) is 18.9 Å². The summed E-state index contributed by atoms with van der Waals surface area (Å²) in [6.45, 7) is 0. The fourth-order valence-corrected chi connectivity index (χ4v) is 3.60. The van der Waals surface area contributed by atoms with Crippen LogP contribution in [0.2, 0.25) is 0 Å². The van der Waals surface area contributed by atoms with Crippen molar-refractivity contribution in [3.05, 3.63) is 102 Å². The highest BCUT2D eigenvalue weighted by atomic mass is 19.4. The Bertz CT molecular complexity index is 1370. The molecule has 0 unspecified atom stereocenters. The lowest BCUT2D eigenvalue weighted by Crippen LogP contribution is -2.14. The first kappa shape index (κ1) is 24.7. The number of para-hydroxylation sites is 1. The molecule has 8 heteroatoms. The van der Waals surface area contributed by atoms with Crippen LogP contribution in [0.1, 0.15) is 15.9 Å². The fraction of sp³-hybridized carbons (Fsp3) is 0.107. The predicted octanol–water partition coefficient (Wildman–Crippen LogP) is 7.43. The van der Waals surface area contributed by atoms with Crippen molar-refractivity contribution in [2.24, 2.45) is 0 Å². The Kier molecular flexibility index (Phi) is 7.15. The maximum atomic E-state index is 13.5. The topological polar surface area (TPSA) is 56.8 Å². The summed E-state index contributed by atoms with van der Waals surface area (Å²) >= 11 is 0. The van der Waals surface area contributed by atoms with Crippen LogP contribution in [0.5, 0.6) is 23.0 Å². The molecule has 4 aromatic rings. The van der Waals surface area contributed by atoms with E-state index < -0.39 is 17.6 Å². The molecule has 4 rings (SSSR count). The van der Waals surface area contributed by atoms with Gasteiger partial charge in [0, 0.05) is 11.1 Å². The van der Waals surface area contributed by atoms with E-state index in [1.807, 2.05) is 42.5 Å². The van der Waals surface area contributed by atoms with Crippen molar-refractivity contribution in [3.8, 4) is 34.1 Å². The Balaban J connectivity index is 1.71. The van der Waals surface area contributed by atoms with E-state index in [1.54, 1.807) is 12.1 Å². The number of hydrogen-bond acceptors (Lipinski definition) is 4. The van der Waals surface area contributed by atoms with Gasteiger partial charge in [-0.2, -0.15) is 13.2 Å². The van der Waals surface area contributed by atoms with Gasteiger partial charge in [0.25, 0.3) is 5.91 Å². The number of alkyl halides is 3. The van der Waals surface area contributed by atoms with Gasteiger partial charge in [-0.25, -0.2) is 0 Å². The monoisotopic (exact) mass is 493 g/mol. The standard InChI is InChI=1S/C28H22F3NO4/c1-34-25-14-12-19(16-26(25)35-2)27(33)32-22-17-20(28(29,30)31)13-15-24(22)36-23-11-7-6-10-21(23)18-8-4-3-5-9-18/h3-17H,1-2H3,(H,32,33). The van der Waals surface area contributed by atoms with Crippen molar-refractivity contribution in [1.29, 1.82) is 0 Å². The number of hydrogen-bond donors (Lipinski definition) is 1. The number of carbonyl (C=O) groups excluding carboxylic acids is 1. The average molecular weight is 493 g/mol. The number of methoxy groups -OCH3 is 2. The summed E-state index contributed by atoms with van der Waals surface area (Å²) in [6, 6.07) is 24.0. The Morgan fingerprint density at radius 2 is 1.39 bits per heavy atom. The van der Waals surface area contributed by atoms with Crippen LogP contribution < -0.4 is 19.5 Å². The Hall–Kier alpha value is -4.46. The zero-order chi connectivity index (χ0) is 25.7. The predicted molar refractivity (Wildman–Crippen MR) is 131 cm³/mol. The van der Waals surface area contributed by atoms with Crippen LogP contribution in [-0.2, 0) is 6.18 Å². The molecule has 0 bridgehead atoms. The number of rotatable bonds is 7. The molecule has 4 aromatic carbocycles. The first-order valence-corrected chi connectivity index (χ1v) is 10.9. The number of benzene rings is 4. The van der Waals surface area contributed by atoms with Crippen LogP contribution in [0, 0.1) is 0 Å². The van der Waals surface area contributed by atoms with E-state index in [2.05, 4.69) is 5.32 Å². The maximum absolute atomic E-state index is 13.5. The molecule has 5 nitrogen and oxygen atoms in total. The molecule has 0 aliphatic heterocycles. The molecular formula is C28H22F3NO4. The van der Waals surface area contributed by atoms with Gasteiger partial charge in [-0.3, -0.25) is 4.79 Å². The van der Waals surface area contributed by atoms with Crippen molar-refractivity contribution >= 4 is 11.6 Å². The third-order valence-electron chi connectivity index (χ3n) is 5.39. The average Bonchev–Trinajstić information content (AvgIpc) is 2.89.